The fourth-order valence-electron chi connectivity index (χ4n) is 3.36. The average Bonchev–Trinajstić information content (AvgIpc) is 2.73. The molecule has 1 unspecified atom stereocenters. The van der Waals surface area contributed by atoms with Gasteiger partial charge in [0.1, 0.15) is 0 Å². The number of fused-ring (bicyclic) bond motifs is 1. The predicted molar refractivity (Wildman–Crippen MR) is 98.6 cm³/mol. The van der Waals surface area contributed by atoms with Crippen LogP contribution in [0.2, 0.25) is 0 Å². The second kappa shape index (κ2) is 7.32. The fraction of sp³-hybridized carbons (Fsp3) is 0.286. The molecule has 2 aromatic carbocycles. The Hall–Kier alpha value is -2.63. The first-order chi connectivity index (χ1) is 12.8. The predicted octanol–water partition coefficient (Wildman–Crippen LogP) is 3.01. The van der Waals surface area contributed by atoms with Gasteiger partial charge in [0.2, 0.25) is 0 Å². The number of nitrogens with zero attached hydrogens (tertiary/aromatic N) is 1. The number of benzene rings is 2. The average molecular weight is 351 g/mol. The zero-order chi connectivity index (χ0) is 17.9. The van der Waals surface area contributed by atoms with Gasteiger partial charge in [-0.3, -0.25) is 9.69 Å². The number of morpholine rings is 1. The highest BCUT2D eigenvalue weighted by Gasteiger charge is 2.34. The molecule has 2 heterocycles. The van der Waals surface area contributed by atoms with Crippen LogP contribution >= 0.6 is 0 Å². The Kier molecular flexibility index (Phi) is 4.73. The van der Waals surface area contributed by atoms with E-state index >= 15 is 0 Å². The standard InChI is InChI=1S/C21H21NO4/c1-24-18-9-5-8-16-14-17(19(23)15-6-3-2-4-7-15)21(26-20(16)18)22-10-12-25-13-11-22/h2-9,14,21H,10-13H2,1H3. The van der Waals surface area contributed by atoms with Crippen LogP contribution in [0.15, 0.2) is 54.1 Å². The molecule has 0 radical (unpaired) electrons. The Morgan fingerprint density at radius 1 is 1.08 bits per heavy atom. The van der Waals surface area contributed by atoms with Gasteiger partial charge in [0.15, 0.2) is 23.5 Å². The zero-order valence-corrected chi connectivity index (χ0v) is 14.7. The van der Waals surface area contributed by atoms with Gasteiger partial charge in [-0.2, -0.15) is 0 Å². The molecule has 2 aliphatic heterocycles. The fourth-order valence-corrected chi connectivity index (χ4v) is 3.36. The summed E-state index contributed by atoms with van der Waals surface area (Å²) < 4.78 is 17.2. The lowest BCUT2D eigenvalue weighted by molar-refractivity contribution is -0.0308. The Bertz CT molecular complexity index is 825. The minimum absolute atomic E-state index is 0.0180. The minimum Gasteiger partial charge on any atom is -0.493 e. The van der Waals surface area contributed by atoms with Crippen molar-refractivity contribution >= 4 is 11.9 Å². The van der Waals surface area contributed by atoms with Gasteiger partial charge in [-0.05, 0) is 12.1 Å². The van der Waals surface area contributed by atoms with Crippen molar-refractivity contribution in [1.82, 2.24) is 4.90 Å². The Labute approximate surface area is 152 Å². The Balaban J connectivity index is 1.77. The third-order valence-corrected chi connectivity index (χ3v) is 4.71. The summed E-state index contributed by atoms with van der Waals surface area (Å²) in [6.07, 6.45) is 1.48. The van der Waals surface area contributed by atoms with E-state index in [4.69, 9.17) is 14.2 Å². The van der Waals surface area contributed by atoms with E-state index in [1.165, 1.54) is 0 Å². The Morgan fingerprint density at radius 3 is 2.58 bits per heavy atom. The quantitative estimate of drug-likeness (QED) is 0.793. The third kappa shape index (κ3) is 3.11. The molecule has 5 nitrogen and oxygen atoms in total. The van der Waals surface area contributed by atoms with Crippen LogP contribution in [-0.4, -0.2) is 50.3 Å². The van der Waals surface area contributed by atoms with Crippen LogP contribution in [0.5, 0.6) is 11.5 Å². The van der Waals surface area contributed by atoms with Crippen molar-refractivity contribution in [3.8, 4) is 11.5 Å². The van der Waals surface area contributed by atoms with Crippen LogP contribution in [0, 0.1) is 0 Å². The van der Waals surface area contributed by atoms with Crippen LogP contribution < -0.4 is 9.47 Å². The molecule has 26 heavy (non-hydrogen) atoms. The number of Topliss-reactive ketones (excluding diaryl/α,β-unsaturated/α-hetero) is 1. The molecule has 0 saturated carbocycles. The largest absolute Gasteiger partial charge is 0.493 e. The maximum atomic E-state index is 13.2. The normalized spacial score (nSPS) is 19.9. The molecular formula is C21H21NO4. The summed E-state index contributed by atoms with van der Waals surface area (Å²) in [5.41, 5.74) is 2.15. The van der Waals surface area contributed by atoms with E-state index in [2.05, 4.69) is 4.90 Å². The maximum Gasteiger partial charge on any atom is 0.194 e. The monoisotopic (exact) mass is 351 g/mol. The molecule has 0 N–H and O–H groups in total. The van der Waals surface area contributed by atoms with Gasteiger partial charge in [0.05, 0.1) is 25.9 Å². The number of hydrogen-bond acceptors (Lipinski definition) is 5. The summed E-state index contributed by atoms with van der Waals surface area (Å²) in [5, 5.41) is 0. The van der Waals surface area contributed by atoms with Crippen molar-refractivity contribution in [3.63, 3.8) is 0 Å². The van der Waals surface area contributed by atoms with Gasteiger partial charge in [0, 0.05) is 24.2 Å². The molecular weight excluding hydrogens is 330 g/mol. The van der Waals surface area contributed by atoms with E-state index in [9.17, 15) is 4.79 Å². The lowest BCUT2D eigenvalue weighted by atomic mass is 9.96. The van der Waals surface area contributed by atoms with Crippen molar-refractivity contribution in [2.24, 2.45) is 0 Å². The second-order valence-electron chi connectivity index (χ2n) is 6.29. The molecule has 0 aliphatic carbocycles. The van der Waals surface area contributed by atoms with Crippen molar-refractivity contribution in [3.05, 3.63) is 65.2 Å². The lowest BCUT2D eigenvalue weighted by Crippen LogP contribution is -2.49. The molecule has 134 valence electrons. The number of methoxy groups -OCH3 is 1. The molecule has 0 bridgehead atoms. The van der Waals surface area contributed by atoms with Crippen LogP contribution in [0.25, 0.3) is 6.08 Å². The first-order valence-corrected chi connectivity index (χ1v) is 8.75. The topological polar surface area (TPSA) is 48.0 Å². The van der Waals surface area contributed by atoms with Crippen LogP contribution in [0.4, 0.5) is 0 Å². The van der Waals surface area contributed by atoms with Gasteiger partial charge in [-0.1, -0.05) is 42.5 Å². The molecule has 1 fully saturated rings. The minimum atomic E-state index is -0.449. The van der Waals surface area contributed by atoms with Crippen molar-refractivity contribution in [2.75, 3.05) is 33.4 Å². The molecule has 4 rings (SSSR count). The summed E-state index contributed by atoms with van der Waals surface area (Å²) in [7, 11) is 1.62. The second-order valence-corrected chi connectivity index (χ2v) is 6.29. The number of carbonyl (C=O) groups is 1. The zero-order valence-electron chi connectivity index (χ0n) is 14.7. The molecule has 1 saturated heterocycles. The molecule has 2 aromatic rings. The van der Waals surface area contributed by atoms with Crippen molar-refractivity contribution in [2.45, 2.75) is 6.23 Å². The molecule has 0 amide bonds. The maximum absolute atomic E-state index is 13.2. The van der Waals surface area contributed by atoms with Gasteiger partial charge >= 0.3 is 0 Å². The highest BCUT2D eigenvalue weighted by Crippen LogP contribution is 2.39. The van der Waals surface area contributed by atoms with E-state index in [0.717, 1.165) is 5.56 Å². The first kappa shape index (κ1) is 16.8. The summed E-state index contributed by atoms with van der Waals surface area (Å²) in [5.74, 6) is 1.33. The molecule has 5 heteroatoms. The van der Waals surface area contributed by atoms with Gasteiger partial charge in [-0.25, -0.2) is 0 Å². The molecule has 2 aliphatic rings. The number of ketones is 1. The number of para-hydroxylation sites is 1. The van der Waals surface area contributed by atoms with Crippen LogP contribution in [-0.2, 0) is 4.74 Å². The van der Waals surface area contributed by atoms with E-state index < -0.39 is 6.23 Å². The van der Waals surface area contributed by atoms with Crippen molar-refractivity contribution in [1.29, 1.82) is 0 Å². The summed E-state index contributed by atoms with van der Waals surface area (Å²) >= 11 is 0. The summed E-state index contributed by atoms with van der Waals surface area (Å²) in [6.45, 7) is 2.69. The summed E-state index contributed by atoms with van der Waals surface area (Å²) in [4.78, 5) is 15.3. The lowest BCUT2D eigenvalue weighted by Gasteiger charge is -2.37. The highest BCUT2D eigenvalue weighted by molar-refractivity contribution is 6.12. The molecule has 0 spiro atoms. The van der Waals surface area contributed by atoms with Gasteiger partial charge < -0.3 is 14.2 Å². The van der Waals surface area contributed by atoms with E-state index in [-0.39, 0.29) is 5.78 Å². The SMILES string of the molecule is COc1cccc2c1OC(N1CCOCC1)C(C(=O)c1ccccc1)=C2. The first-order valence-electron chi connectivity index (χ1n) is 8.75. The van der Waals surface area contributed by atoms with E-state index in [0.29, 0.717) is 48.9 Å². The van der Waals surface area contributed by atoms with Crippen LogP contribution in [0.1, 0.15) is 15.9 Å². The highest BCUT2D eigenvalue weighted by atomic mass is 16.5. The number of carbonyl (C=O) groups excluding carboxylic acids is 1. The van der Waals surface area contributed by atoms with Gasteiger partial charge in [-0.15, -0.1) is 0 Å². The summed E-state index contributed by atoms with van der Waals surface area (Å²) in [6, 6.07) is 15.0. The van der Waals surface area contributed by atoms with Crippen LogP contribution in [0.3, 0.4) is 0 Å². The van der Waals surface area contributed by atoms with Gasteiger partial charge in [0.25, 0.3) is 0 Å². The van der Waals surface area contributed by atoms with E-state index in [1.54, 1.807) is 7.11 Å². The molecule has 0 aromatic heterocycles. The number of hydrogen-bond donors (Lipinski definition) is 0. The Morgan fingerprint density at radius 2 is 1.85 bits per heavy atom. The smallest absolute Gasteiger partial charge is 0.194 e. The third-order valence-electron chi connectivity index (χ3n) is 4.71. The number of rotatable bonds is 4. The van der Waals surface area contributed by atoms with Crippen molar-refractivity contribution < 1.29 is 19.0 Å². The number of ether oxygens (including phenoxy) is 3. The van der Waals surface area contributed by atoms with E-state index in [1.807, 2.05) is 54.6 Å². The molecule has 1 atom stereocenters.